The summed E-state index contributed by atoms with van der Waals surface area (Å²) in [5.41, 5.74) is -0.0169. The Labute approximate surface area is 140 Å². The van der Waals surface area contributed by atoms with Gasteiger partial charge in [-0.2, -0.15) is 0 Å². The Morgan fingerprint density at radius 3 is 2.17 bits per heavy atom. The topological polar surface area (TPSA) is 56.0 Å². The standard InChI is InChI=1S/C17H33N5O/c1-17(2)13-22(18)12-15(17)16(23)21-10-8-20(9-11-21)14-4-6-19(3)7-5-14/h14-15H,4-13,18H2,1-3H3/t15-/m1/s1. The fourth-order valence-corrected chi connectivity index (χ4v) is 4.48. The first-order valence-electron chi connectivity index (χ1n) is 9.08. The lowest BCUT2D eigenvalue weighted by Crippen LogP contribution is -2.55. The summed E-state index contributed by atoms with van der Waals surface area (Å²) >= 11 is 0. The lowest BCUT2D eigenvalue weighted by Gasteiger charge is -2.43. The number of likely N-dealkylation sites (tertiary alicyclic amines) is 1. The lowest BCUT2D eigenvalue weighted by molar-refractivity contribution is -0.140. The highest BCUT2D eigenvalue weighted by atomic mass is 16.2. The summed E-state index contributed by atoms with van der Waals surface area (Å²) in [5, 5.41) is 1.80. The molecule has 23 heavy (non-hydrogen) atoms. The van der Waals surface area contributed by atoms with Gasteiger partial charge in [0.05, 0.1) is 5.92 Å². The maximum absolute atomic E-state index is 12.9. The number of hydrogen-bond acceptors (Lipinski definition) is 5. The molecule has 3 fully saturated rings. The molecule has 0 bridgehead atoms. The number of amides is 1. The molecule has 6 nitrogen and oxygen atoms in total. The van der Waals surface area contributed by atoms with E-state index in [-0.39, 0.29) is 11.3 Å². The monoisotopic (exact) mass is 323 g/mol. The molecule has 0 saturated carbocycles. The third-order valence-corrected chi connectivity index (χ3v) is 6.10. The summed E-state index contributed by atoms with van der Waals surface area (Å²) in [6.45, 7) is 12.0. The van der Waals surface area contributed by atoms with Crippen molar-refractivity contribution < 1.29 is 4.79 Å². The molecule has 0 unspecified atom stereocenters. The van der Waals surface area contributed by atoms with Crippen molar-refractivity contribution in [3.63, 3.8) is 0 Å². The minimum Gasteiger partial charge on any atom is -0.340 e. The largest absolute Gasteiger partial charge is 0.340 e. The number of carbonyl (C=O) groups excluding carboxylic acids is 1. The molecule has 0 aromatic carbocycles. The molecule has 6 heteroatoms. The van der Waals surface area contributed by atoms with E-state index in [1.165, 1.54) is 25.9 Å². The van der Waals surface area contributed by atoms with Gasteiger partial charge in [-0.3, -0.25) is 15.5 Å². The first kappa shape index (κ1) is 17.1. The number of hydrogen-bond donors (Lipinski definition) is 1. The van der Waals surface area contributed by atoms with E-state index >= 15 is 0 Å². The number of piperidine rings is 1. The van der Waals surface area contributed by atoms with Crippen LogP contribution >= 0.6 is 0 Å². The molecule has 0 aromatic heterocycles. The van der Waals surface area contributed by atoms with E-state index in [9.17, 15) is 4.79 Å². The number of carbonyl (C=O) groups is 1. The maximum atomic E-state index is 12.9. The van der Waals surface area contributed by atoms with Crippen LogP contribution in [0.3, 0.4) is 0 Å². The Bertz CT molecular complexity index is 425. The molecule has 2 N–H and O–H groups in total. The fraction of sp³-hybridized carbons (Fsp3) is 0.941. The van der Waals surface area contributed by atoms with E-state index < -0.39 is 0 Å². The molecule has 0 spiro atoms. The van der Waals surface area contributed by atoms with Gasteiger partial charge in [0.15, 0.2) is 0 Å². The first-order valence-corrected chi connectivity index (χ1v) is 9.08. The molecule has 3 aliphatic rings. The van der Waals surface area contributed by atoms with Crippen molar-refractivity contribution in [2.24, 2.45) is 17.2 Å². The highest BCUT2D eigenvalue weighted by Crippen LogP contribution is 2.35. The number of piperazine rings is 1. The minimum absolute atomic E-state index is 0.0169. The summed E-state index contributed by atoms with van der Waals surface area (Å²) in [7, 11) is 2.21. The zero-order chi connectivity index (χ0) is 16.6. The third-order valence-electron chi connectivity index (χ3n) is 6.10. The Morgan fingerprint density at radius 2 is 1.65 bits per heavy atom. The second-order valence-electron chi connectivity index (χ2n) is 8.37. The Hall–Kier alpha value is -0.690. The van der Waals surface area contributed by atoms with E-state index in [4.69, 9.17) is 5.84 Å². The number of nitrogens with two attached hydrogens (primary N) is 1. The van der Waals surface area contributed by atoms with Gasteiger partial charge in [0.2, 0.25) is 5.91 Å². The van der Waals surface area contributed by atoms with Crippen molar-refractivity contribution in [2.75, 3.05) is 59.4 Å². The van der Waals surface area contributed by atoms with Crippen LogP contribution in [0.1, 0.15) is 26.7 Å². The van der Waals surface area contributed by atoms with Gasteiger partial charge in [-0.25, -0.2) is 5.01 Å². The molecule has 3 rings (SSSR count). The first-order chi connectivity index (χ1) is 10.9. The zero-order valence-electron chi connectivity index (χ0n) is 15.0. The average Bonchev–Trinajstić information content (AvgIpc) is 2.80. The van der Waals surface area contributed by atoms with Crippen LogP contribution in [-0.4, -0.2) is 91.1 Å². The lowest BCUT2D eigenvalue weighted by atomic mass is 9.81. The normalized spacial score (nSPS) is 31.7. The summed E-state index contributed by atoms with van der Waals surface area (Å²) in [4.78, 5) is 20.0. The molecule has 3 saturated heterocycles. The number of nitrogens with zero attached hydrogens (tertiary/aromatic N) is 4. The third kappa shape index (κ3) is 3.71. The van der Waals surface area contributed by atoms with E-state index in [1.54, 1.807) is 5.01 Å². The van der Waals surface area contributed by atoms with E-state index in [0.717, 1.165) is 32.7 Å². The van der Waals surface area contributed by atoms with Crippen molar-refractivity contribution in [1.29, 1.82) is 0 Å². The summed E-state index contributed by atoms with van der Waals surface area (Å²) < 4.78 is 0. The van der Waals surface area contributed by atoms with Crippen LogP contribution in [0.25, 0.3) is 0 Å². The van der Waals surface area contributed by atoms with Crippen LogP contribution in [0.2, 0.25) is 0 Å². The highest BCUT2D eigenvalue weighted by Gasteiger charge is 2.44. The van der Waals surface area contributed by atoms with Crippen LogP contribution in [0.5, 0.6) is 0 Å². The molecular formula is C17H33N5O. The molecule has 3 heterocycles. The Kier molecular flexibility index (Phi) is 4.97. The molecule has 1 atom stereocenters. The van der Waals surface area contributed by atoms with Crippen molar-refractivity contribution in [3.8, 4) is 0 Å². The quantitative estimate of drug-likeness (QED) is 0.728. The number of rotatable bonds is 2. The predicted octanol–water partition coefficient (Wildman–Crippen LogP) is 0.0565. The Morgan fingerprint density at radius 1 is 1.04 bits per heavy atom. The van der Waals surface area contributed by atoms with Gasteiger partial charge in [0, 0.05) is 45.3 Å². The van der Waals surface area contributed by atoms with Gasteiger partial charge < -0.3 is 9.80 Å². The maximum Gasteiger partial charge on any atom is 0.227 e. The highest BCUT2D eigenvalue weighted by molar-refractivity contribution is 5.80. The summed E-state index contributed by atoms with van der Waals surface area (Å²) in [6, 6.07) is 0.714. The van der Waals surface area contributed by atoms with Gasteiger partial charge in [0.1, 0.15) is 0 Å². The second-order valence-corrected chi connectivity index (χ2v) is 8.37. The zero-order valence-corrected chi connectivity index (χ0v) is 15.0. The van der Waals surface area contributed by atoms with Crippen molar-refractivity contribution in [2.45, 2.75) is 32.7 Å². The minimum atomic E-state index is -0.0169. The average molecular weight is 323 g/mol. The van der Waals surface area contributed by atoms with Crippen LogP contribution < -0.4 is 5.84 Å². The summed E-state index contributed by atoms with van der Waals surface area (Å²) in [6.07, 6.45) is 2.53. The van der Waals surface area contributed by atoms with Gasteiger partial charge >= 0.3 is 0 Å². The van der Waals surface area contributed by atoms with E-state index in [1.807, 2.05) is 0 Å². The van der Waals surface area contributed by atoms with Crippen molar-refractivity contribution >= 4 is 5.91 Å². The van der Waals surface area contributed by atoms with Crippen LogP contribution in [0, 0.1) is 11.3 Å². The molecule has 3 aliphatic heterocycles. The van der Waals surface area contributed by atoms with Gasteiger partial charge in [-0.1, -0.05) is 13.8 Å². The van der Waals surface area contributed by atoms with Gasteiger partial charge in [0.25, 0.3) is 0 Å². The summed E-state index contributed by atoms with van der Waals surface area (Å²) in [5.74, 6) is 6.30. The van der Waals surface area contributed by atoms with E-state index in [0.29, 0.717) is 18.5 Å². The van der Waals surface area contributed by atoms with Crippen LogP contribution in [0.15, 0.2) is 0 Å². The second kappa shape index (κ2) is 6.67. The van der Waals surface area contributed by atoms with Crippen LogP contribution in [0.4, 0.5) is 0 Å². The van der Waals surface area contributed by atoms with E-state index in [2.05, 4.69) is 35.6 Å². The molecular weight excluding hydrogens is 290 g/mol. The van der Waals surface area contributed by atoms with Gasteiger partial charge in [-0.15, -0.1) is 0 Å². The Balaban J connectivity index is 1.52. The molecule has 0 aliphatic carbocycles. The van der Waals surface area contributed by atoms with Gasteiger partial charge in [-0.05, 0) is 38.4 Å². The van der Waals surface area contributed by atoms with Crippen LogP contribution in [-0.2, 0) is 4.79 Å². The number of hydrazine groups is 1. The SMILES string of the molecule is CN1CCC(N2CCN(C(=O)[C@H]3CN(N)CC3(C)C)CC2)CC1. The predicted molar refractivity (Wildman–Crippen MR) is 91.7 cm³/mol. The molecule has 1 amide bonds. The van der Waals surface area contributed by atoms with Crippen molar-refractivity contribution in [3.05, 3.63) is 0 Å². The smallest absolute Gasteiger partial charge is 0.227 e. The molecule has 0 aromatic rings. The molecule has 0 radical (unpaired) electrons. The molecule has 132 valence electrons. The fourth-order valence-electron chi connectivity index (χ4n) is 4.48. The van der Waals surface area contributed by atoms with Crippen molar-refractivity contribution in [1.82, 2.24) is 19.7 Å².